The summed E-state index contributed by atoms with van der Waals surface area (Å²) in [5.74, 6) is 1.18. The number of carbonyl (C=O) groups is 1. The second-order valence-corrected chi connectivity index (χ2v) is 6.01. The van der Waals surface area contributed by atoms with Crippen molar-refractivity contribution >= 4 is 21.9 Å². The van der Waals surface area contributed by atoms with Gasteiger partial charge in [0.1, 0.15) is 0 Å². The van der Waals surface area contributed by atoms with Crippen molar-refractivity contribution in [2.45, 2.75) is 39.5 Å². The molecule has 0 bridgehead atoms. The quantitative estimate of drug-likeness (QED) is 0.486. The molecular formula is C17H18BrN3O4. The topological polar surface area (TPSA) is 98.2 Å². The van der Waals surface area contributed by atoms with Gasteiger partial charge in [-0.05, 0) is 35.3 Å². The lowest BCUT2D eigenvalue weighted by Crippen LogP contribution is -2.11. The Morgan fingerprint density at radius 3 is 2.84 bits per heavy atom. The van der Waals surface area contributed by atoms with Crippen LogP contribution in [0, 0.1) is 11.3 Å². The molecule has 0 unspecified atom stereocenters. The third-order valence-corrected chi connectivity index (χ3v) is 3.77. The van der Waals surface area contributed by atoms with Gasteiger partial charge in [-0.2, -0.15) is 10.2 Å². The Hall–Kier alpha value is -2.40. The summed E-state index contributed by atoms with van der Waals surface area (Å²) >= 11 is 3.30. The van der Waals surface area contributed by atoms with Gasteiger partial charge >= 0.3 is 5.97 Å². The molecular weight excluding hydrogens is 390 g/mol. The Morgan fingerprint density at radius 1 is 1.36 bits per heavy atom. The third kappa shape index (κ3) is 5.29. The predicted molar refractivity (Wildman–Crippen MR) is 92.3 cm³/mol. The van der Waals surface area contributed by atoms with Gasteiger partial charge in [0, 0.05) is 18.9 Å². The highest BCUT2D eigenvalue weighted by atomic mass is 79.9. The van der Waals surface area contributed by atoms with Crippen LogP contribution >= 0.6 is 15.9 Å². The van der Waals surface area contributed by atoms with Crippen LogP contribution in [0.25, 0.3) is 0 Å². The number of aryl methyl sites for hydroxylation is 2. The molecule has 0 N–H and O–H groups in total. The number of rotatable bonds is 8. The number of nitriles is 1. The van der Waals surface area contributed by atoms with Crippen LogP contribution in [0.15, 0.2) is 21.1 Å². The number of esters is 1. The van der Waals surface area contributed by atoms with Gasteiger partial charge < -0.3 is 14.0 Å². The van der Waals surface area contributed by atoms with Crippen molar-refractivity contribution in [3.8, 4) is 17.6 Å². The van der Waals surface area contributed by atoms with E-state index in [1.54, 1.807) is 6.07 Å². The van der Waals surface area contributed by atoms with Crippen molar-refractivity contribution in [1.29, 1.82) is 5.26 Å². The lowest BCUT2D eigenvalue weighted by molar-refractivity contribution is -0.134. The molecule has 2 rings (SSSR count). The third-order valence-electron chi connectivity index (χ3n) is 3.18. The average molecular weight is 408 g/mol. The van der Waals surface area contributed by atoms with Crippen molar-refractivity contribution in [3.05, 3.63) is 33.9 Å². The highest BCUT2D eigenvalue weighted by Crippen LogP contribution is 2.37. The molecule has 7 nitrogen and oxygen atoms in total. The van der Waals surface area contributed by atoms with Crippen molar-refractivity contribution in [1.82, 2.24) is 10.1 Å². The first-order chi connectivity index (χ1) is 12.1. The number of hydrogen-bond acceptors (Lipinski definition) is 7. The van der Waals surface area contributed by atoms with Gasteiger partial charge in [0.25, 0.3) is 0 Å². The SMILES string of the molecule is CCCc1noc(CCC(=O)Oc2c(Br)cc(C#N)cc2OCC)n1. The van der Waals surface area contributed by atoms with E-state index < -0.39 is 5.97 Å². The molecule has 1 heterocycles. The fraction of sp³-hybridized carbons (Fsp3) is 0.412. The maximum atomic E-state index is 12.1. The molecule has 0 saturated carbocycles. The second-order valence-electron chi connectivity index (χ2n) is 5.16. The Bertz CT molecular complexity index is 783. The van der Waals surface area contributed by atoms with Crippen LogP contribution in [0.1, 0.15) is 44.0 Å². The molecule has 0 amide bonds. The lowest BCUT2D eigenvalue weighted by atomic mass is 10.2. The molecule has 1 aromatic heterocycles. The molecule has 0 spiro atoms. The van der Waals surface area contributed by atoms with E-state index >= 15 is 0 Å². The van der Waals surface area contributed by atoms with E-state index in [-0.39, 0.29) is 12.2 Å². The normalized spacial score (nSPS) is 10.3. The lowest BCUT2D eigenvalue weighted by Gasteiger charge is -2.12. The summed E-state index contributed by atoms with van der Waals surface area (Å²) in [6.07, 6.45) is 2.05. The minimum Gasteiger partial charge on any atom is -0.490 e. The summed E-state index contributed by atoms with van der Waals surface area (Å²) < 4.78 is 16.4. The maximum absolute atomic E-state index is 12.1. The minimum absolute atomic E-state index is 0.0891. The first kappa shape index (κ1) is 18.9. The molecule has 8 heteroatoms. The molecule has 0 fully saturated rings. The van der Waals surface area contributed by atoms with Crippen LogP contribution in [0.2, 0.25) is 0 Å². The molecule has 1 aromatic carbocycles. The fourth-order valence-electron chi connectivity index (χ4n) is 2.09. The van der Waals surface area contributed by atoms with Crippen molar-refractivity contribution in [2.24, 2.45) is 0 Å². The van der Waals surface area contributed by atoms with E-state index in [1.807, 2.05) is 19.9 Å². The Labute approximate surface area is 154 Å². The molecule has 0 aliphatic carbocycles. The van der Waals surface area contributed by atoms with Crippen LogP contribution < -0.4 is 9.47 Å². The molecule has 0 atom stereocenters. The number of nitrogens with zero attached hydrogens (tertiary/aromatic N) is 3. The van der Waals surface area contributed by atoms with E-state index in [0.717, 1.165) is 12.8 Å². The number of carbonyl (C=O) groups excluding carboxylic acids is 1. The monoisotopic (exact) mass is 407 g/mol. The first-order valence-corrected chi connectivity index (χ1v) is 8.75. The smallest absolute Gasteiger partial charge is 0.311 e. The zero-order chi connectivity index (χ0) is 18.2. The molecule has 0 aliphatic rings. The molecule has 0 radical (unpaired) electrons. The Morgan fingerprint density at radius 2 is 2.16 bits per heavy atom. The number of hydrogen-bond donors (Lipinski definition) is 0. The number of ether oxygens (including phenoxy) is 2. The summed E-state index contributed by atoms with van der Waals surface area (Å²) in [6.45, 7) is 4.22. The molecule has 0 saturated heterocycles. The van der Waals surface area contributed by atoms with Crippen LogP contribution in [0.4, 0.5) is 0 Å². The summed E-state index contributed by atoms with van der Waals surface area (Å²) in [7, 11) is 0. The van der Waals surface area contributed by atoms with Gasteiger partial charge in [0.2, 0.25) is 5.89 Å². The standard InChI is InChI=1S/C17H18BrN3O4/c1-3-5-14-20-15(25-21-14)6-7-16(22)24-17-12(18)8-11(10-19)9-13(17)23-4-2/h8-9H,3-7H2,1-2H3. The van der Waals surface area contributed by atoms with Crippen LogP contribution in [-0.4, -0.2) is 22.7 Å². The number of aromatic nitrogens is 2. The van der Waals surface area contributed by atoms with Crippen LogP contribution in [0.5, 0.6) is 11.5 Å². The van der Waals surface area contributed by atoms with Crippen molar-refractivity contribution in [3.63, 3.8) is 0 Å². The molecule has 2 aromatic rings. The minimum atomic E-state index is -0.457. The van der Waals surface area contributed by atoms with E-state index in [0.29, 0.717) is 40.5 Å². The summed E-state index contributed by atoms with van der Waals surface area (Å²) in [5, 5.41) is 12.9. The van der Waals surface area contributed by atoms with E-state index in [1.165, 1.54) is 6.07 Å². The van der Waals surface area contributed by atoms with Crippen LogP contribution in [0.3, 0.4) is 0 Å². The predicted octanol–water partition coefficient (Wildman–Crippen LogP) is 3.59. The van der Waals surface area contributed by atoms with E-state index in [4.69, 9.17) is 19.3 Å². The highest BCUT2D eigenvalue weighted by molar-refractivity contribution is 9.10. The van der Waals surface area contributed by atoms with Gasteiger partial charge in [0.15, 0.2) is 17.3 Å². The van der Waals surface area contributed by atoms with Gasteiger partial charge in [-0.1, -0.05) is 12.1 Å². The molecule has 25 heavy (non-hydrogen) atoms. The average Bonchev–Trinajstić information content (AvgIpc) is 3.04. The largest absolute Gasteiger partial charge is 0.490 e. The van der Waals surface area contributed by atoms with Crippen molar-refractivity contribution in [2.75, 3.05) is 6.61 Å². The van der Waals surface area contributed by atoms with E-state index in [9.17, 15) is 4.79 Å². The first-order valence-electron chi connectivity index (χ1n) is 7.95. The number of benzene rings is 1. The Kier molecular flexibility index (Phi) is 6.95. The summed E-state index contributed by atoms with van der Waals surface area (Å²) in [6, 6.07) is 5.13. The van der Waals surface area contributed by atoms with Crippen molar-refractivity contribution < 1.29 is 18.8 Å². The second kappa shape index (κ2) is 9.18. The summed E-state index contributed by atoms with van der Waals surface area (Å²) in [5.41, 5.74) is 0.407. The zero-order valence-corrected chi connectivity index (χ0v) is 15.6. The van der Waals surface area contributed by atoms with Gasteiger partial charge in [-0.3, -0.25) is 4.79 Å². The molecule has 132 valence electrons. The summed E-state index contributed by atoms with van der Waals surface area (Å²) in [4.78, 5) is 16.3. The van der Waals surface area contributed by atoms with E-state index in [2.05, 4.69) is 26.1 Å². The highest BCUT2D eigenvalue weighted by Gasteiger charge is 2.17. The fourth-order valence-corrected chi connectivity index (χ4v) is 2.61. The van der Waals surface area contributed by atoms with Crippen LogP contribution in [-0.2, 0) is 17.6 Å². The Balaban J connectivity index is 2.03. The zero-order valence-electron chi connectivity index (χ0n) is 14.0. The van der Waals surface area contributed by atoms with Gasteiger partial charge in [0.05, 0.1) is 29.1 Å². The number of halogens is 1. The maximum Gasteiger partial charge on any atom is 0.311 e. The van der Waals surface area contributed by atoms with Gasteiger partial charge in [-0.25, -0.2) is 0 Å². The molecule has 0 aliphatic heterocycles. The van der Waals surface area contributed by atoms with Gasteiger partial charge in [-0.15, -0.1) is 0 Å².